The van der Waals surface area contributed by atoms with Crippen LogP contribution in [0.3, 0.4) is 0 Å². The van der Waals surface area contributed by atoms with Crippen LogP contribution in [0.1, 0.15) is 31.9 Å². The van der Waals surface area contributed by atoms with Crippen molar-refractivity contribution >= 4 is 5.78 Å². The maximum atomic E-state index is 12.2. The van der Waals surface area contributed by atoms with Crippen LogP contribution >= 0.6 is 0 Å². The Kier molecular flexibility index (Phi) is 6.02. The van der Waals surface area contributed by atoms with Crippen LogP contribution in [0.5, 0.6) is 0 Å². The van der Waals surface area contributed by atoms with Crippen LogP contribution in [-0.2, 0) is 9.53 Å². The first-order valence-electron chi connectivity index (χ1n) is 6.41. The quantitative estimate of drug-likeness (QED) is 0.808. The Balaban J connectivity index is 2.63. The largest absolute Gasteiger partial charge is 0.385 e. The van der Waals surface area contributed by atoms with E-state index in [2.05, 4.69) is 0 Å². The molecule has 0 aliphatic carbocycles. The third-order valence-corrected chi connectivity index (χ3v) is 3.41. The molecule has 0 amide bonds. The molecule has 1 aromatic rings. The zero-order valence-corrected chi connectivity index (χ0v) is 11.4. The highest BCUT2D eigenvalue weighted by Gasteiger charge is 2.25. The first-order valence-corrected chi connectivity index (χ1v) is 6.41. The van der Waals surface area contributed by atoms with E-state index in [0.29, 0.717) is 6.61 Å². The van der Waals surface area contributed by atoms with Gasteiger partial charge in [0, 0.05) is 31.6 Å². The fourth-order valence-electron chi connectivity index (χ4n) is 2.03. The number of benzene rings is 1. The number of ketones is 1. The van der Waals surface area contributed by atoms with E-state index in [-0.39, 0.29) is 23.7 Å². The Hall–Kier alpha value is -1.19. The lowest BCUT2D eigenvalue weighted by atomic mass is 9.85. The van der Waals surface area contributed by atoms with Crippen LogP contribution in [0.2, 0.25) is 0 Å². The molecule has 0 aliphatic rings. The Morgan fingerprint density at radius 3 is 2.44 bits per heavy atom. The lowest BCUT2D eigenvalue weighted by Crippen LogP contribution is -2.30. The number of hydrogen-bond donors (Lipinski definition) is 1. The standard InChI is InChI=1S/C15H23NO2/c1-11(9-10-18-3)15(17)12(2)14(16)13-7-5-4-6-8-13/h4-8,11-12,14H,9-10,16H2,1-3H3. The van der Waals surface area contributed by atoms with Gasteiger partial charge in [0.15, 0.2) is 0 Å². The summed E-state index contributed by atoms with van der Waals surface area (Å²) in [5, 5.41) is 0. The van der Waals surface area contributed by atoms with Crippen molar-refractivity contribution in [3.8, 4) is 0 Å². The maximum Gasteiger partial charge on any atom is 0.140 e. The van der Waals surface area contributed by atoms with Gasteiger partial charge in [-0.1, -0.05) is 44.2 Å². The summed E-state index contributed by atoms with van der Waals surface area (Å²) in [7, 11) is 1.65. The Morgan fingerprint density at radius 1 is 1.28 bits per heavy atom. The summed E-state index contributed by atoms with van der Waals surface area (Å²) in [6, 6.07) is 9.54. The third kappa shape index (κ3) is 3.93. The van der Waals surface area contributed by atoms with Gasteiger partial charge in [-0.15, -0.1) is 0 Å². The van der Waals surface area contributed by atoms with Gasteiger partial charge in [-0.25, -0.2) is 0 Å². The average molecular weight is 249 g/mol. The van der Waals surface area contributed by atoms with Crippen molar-refractivity contribution in [2.24, 2.45) is 17.6 Å². The molecule has 0 aromatic heterocycles. The molecule has 3 nitrogen and oxygen atoms in total. The van der Waals surface area contributed by atoms with Crippen molar-refractivity contribution in [2.75, 3.05) is 13.7 Å². The molecule has 0 aliphatic heterocycles. The summed E-state index contributed by atoms with van der Waals surface area (Å²) in [6.07, 6.45) is 0.751. The number of methoxy groups -OCH3 is 1. The molecule has 0 bridgehead atoms. The van der Waals surface area contributed by atoms with E-state index in [0.717, 1.165) is 12.0 Å². The highest BCUT2D eigenvalue weighted by atomic mass is 16.5. The normalized spacial score (nSPS) is 16.0. The second-order valence-electron chi connectivity index (χ2n) is 4.81. The number of rotatable bonds is 7. The van der Waals surface area contributed by atoms with Gasteiger partial charge in [0.1, 0.15) is 5.78 Å². The van der Waals surface area contributed by atoms with Crippen LogP contribution in [0, 0.1) is 11.8 Å². The lowest BCUT2D eigenvalue weighted by molar-refractivity contribution is -0.127. The summed E-state index contributed by atoms with van der Waals surface area (Å²) in [4.78, 5) is 12.2. The minimum absolute atomic E-state index is 0.00490. The average Bonchev–Trinajstić information content (AvgIpc) is 2.43. The maximum absolute atomic E-state index is 12.2. The van der Waals surface area contributed by atoms with Gasteiger partial charge < -0.3 is 10.5 Å². The molecule has 100 valence electrons. The Morgan fingerprint density at radius 2 is 1.89 bits per heavy atom. The molecule has 0 fully saturated rings. The van der Waals surface area contributed by atoms with Gasteiger partial charge in [-0.3, -0.25) is 4.79 Å². The second-order valence-corrected chi connectivity index (χ2v) is 4.81. The summed E-state index contributed by atoms with van der Waals surface area (Å²) in [5.41, 5.74) is 7.17. The van der Waals surface area contributed by atoms with Crippen molar-refractivity contribution in [2.45, 2.75) is 26.3 Å². The summed E-state index contributed by atoms with van der Waals surface area (Å²) < 4.78 is 5.00. The molecular formula is C15H23NO2. The molecule has 0 heterocycles. The summed E-state index contributed by atoms with van der Waals surface area (Å²) in [6.45, 7) is 4.46. The van der Waals surface area contributed by atoms with E-state index >= 15 is 0 Å². The fraction of sp³-hybridized carbons (Fsp3) is 0.533. The molecule has 0 saturated carbocycles. The van der Waals surface area contributed by atoms with Crippen molar-refractivity contribution in [1.29, 1.82) is 0 Å². The fourth-order valence-corrected chi connectivity index (χ4v) is 2.03. The molecule has 1 rings (SSSR count). The molecule has 0 saturated heterocycles. The number of carbonyl (C=O) groups excluding carboxylic acids is 1. The molecule has 0 spiro atoms. The molecular weight excluding hydrogens is 226 g/mol. The van der Waals surface area contributed by atoms with Crippen LogP contribution in [0.15, 0.2) is 30.3 Å². The van der Waals surface area contributed by atoms with Gasteiger partial charge in [0.25, 0.3) is 0 Å². The minimum Gasteiger partial charge on any atom is -0.385 e. The van der Waals surface area contributed by atoms with Crippen molar-refractivity contribution in [3.05, 3.63) is 35.9 Å². The smallest absolute Gasteiger partial charge is 0.140 e. The molecule has 3 atom stereocenters. The molecule has 0 radical (unpaired) electrons. The van der Waals surface area contributed by atoms with Gasteiger partial charge >= 0.3 is 0 Å². The zero-order valence-electron chi connectivity index (χ0n) is 11.4. The number of ether oxygens (including phenoxy) is 1. The lowest BCUT2D eigenvalue weighted by Gasteiger charge is -2.22. The topological polar surface area (TPSA) is 52.3 Å². The molecule has 3 unspecified atom stereocenters. The zero-order chi connectivity index (χ0) is 13.5. The number of hydrogen-bond acceptors (Lipinski definition) is 3. The van der Waals surface area contributed by atoms with Crippen LogP contribution in [0.4, 0.5) is 0 Å². The van der Waals surface area contributed by atoms with Gasteiger partial charge in [-0.2, -0.15) is 0 Å². The molecule has 2 N–H and O–H groups in total. The minimum atomic E-state index is -0.233. The molecule has 3 heteroatoms. The predicted molar refractivity (Wildman–Crippen MR) is 73.2 cm³/mol. The monoisotopic (exact) mass is 249 g/mol. The van der Waals surface area contributed by atoms with E-state index in [9.17, 15) is 4.79 Å². The van der Waals surface area contributed by atoms with E-state index in [1.165, 1.54) is 0 Å². The van der Waals surface area contributed by atoms with Gasteiger partial charge in [0.2, 0.25) is 0 Å². The highest BCUT2D eigenvalue weighted by Crippen LogP contribution is 2.23. The Labute approximate surface area is 109 Å². The van der Waals surface area contributed by atoms with E-state index in [1.807, 2.05) is 44.2 Å². The van der Waals surface area contributed by atoms with E-state index in [4.69, 9.17) is 10.5 Å². The third-order valence-electron chi connectivity index (χ3n) is 3.41. The van der Waals surface area contributed by atoms with Crippen LogP contribution in [-0.4, -0.2) is 19.5 Å². The molecule has 18 heavy (non-hydrogen) atoms. The second kappa shape index (κ2) is 7.29. The van der Waals surface area contributed by atoms with Crippen molar-refractivity contribution in [3.63, 3.8) is 0 Å². The predicted octanol–water partition coefficient (Wildman–Crippen LogP) is 2.56. The van der Waals surface area contributed by atoms with Gasteiger partial charge in [0.05, 0.1) is 0 Å². The number of nitrogens with two attached hydrogens (primary N) is 1. The number of Topliss-reactive ketones (excluding diaryl/α,β-unsaturated/α-hetero) is 1. The van der Waals surface area contributed by atoms with Gasteiger partial charge in [-0.05, 0) is 12.0 Å². The molecule has 1 aromatic carbocycles. The van der Waals surface area contributed by atoms with E-state index in [1.54, 1.807) is 7.11 Å². The highest BCUT2D eigenvalue weighted by molar-refractivity contribution is 5.83. The van der Waals surface area contributed by atoms with Crippen molar-refractivity contribution < 1.29 is 9.53 Å². The summed E-state index contributed by atoms with van der Waals surface area (Å²) >= 11 is 0. The SMILES string of the molecule is COCCC(C)C(=O)C(C)C(N)c1ccccc1. The first-order chi connectivity index (χ1) is 8.57. The number of carbonyl (C=O) groups is 1. The van der Waals surface area contributed by atoms with Crippen molar-refractivity contribution in [1.82, 2.24) is 0 Å². The van der Waals surface area contributed by atoms with E-state index < -0.39 is 0 Å². The van der Waals surface area contributed by atoms with Crippen LogP contribution < -0.4 is 5.73 Å². The Bertz CT molecular complexity index is 364. The van der Waals surface area contributed by atoms with Crippen LogP contribution in [0.25, 0.3) is 0 Å². The summed E-state index contributed by atoms with van der Waals surface area (Å²) in [5.74, 6) is 0.0392. The first kappa shape index (κ1) is 14.9.